The number of carbonyl (C=O) groups excluding carboxylic acids is 1. The summed E-state index contributed by atoms with van der Waals surface area (Å²) >= 11 is 0. The number of nitrogens with zero attached hydrogens (tertiary/aromatic N) is 4. The molecule has 0 fully saturated rings. The highest BCUT2D eigenvalue weighted by atomic mass is 19.4. The van der Waals surface area contributed by atoms with Crippen LogP contribution in [0.1, 0.15) is 26.3 Å². The molecule has 0 aliphatic rings. The van der Waals surface area contributed by atoms with Gasteiger partial charge in [-0.05, 0) is 57.0 Å². The van der Waals surface area contributed by atoms with E-state index in [0.29, 0.717) is 24.5 Å². The van der Waals surface area contributed by atoms with E-state index in [1.807, 2.05) is 45.0 Å². The van der Waals surface area contributed by atoms with Gasteiger partial charge in [-0.1, -0.05) is 24.3 Å². The van der Waals surface area contributed by atoms with E-state index in [4.69, 9.17) is 4.74 Å². The molecule has 0 saturated heterocycles. The number of aromatic nitrogens is 3. The van der Waals surface area contributed by atoms with Crippen molar-refractivity contribution >= 4 is 6.09 Å². The minimum Gasteiger partial charge on any atom is -0.444 e. The fourth-order valence-corrected chi connectivity index (χ4v) is 2.87. The predicted molar refractivity (Wildman–Crippen MR) is 116 cm³/mol. The van der Waals surface area contributed by atoms with Gasteiger partial charge in [0.1, 0.15) is 17.7 Å². The van der Waals surface area contributed by atoms with Crippen LogP contribution in [0.4, 0.5) is 18.0 Å². The third kappa shape index (κ3) is 7.23. The van der Waals surface area contributed by atoms with Gasteiger partial charge in [0.05, 0.1) is 5.69 Å². The molecule has 0 N–H and O–H groups in total. The number of ether oxygens (including phenoxy) is 2. The maximum absolute atomic E-state index is 12.3. The highest BCUT2D eigenvalue weighted by molar-refractivity contribution is 5.67. The third-order valence-corrected chi connectivity index (χ3v) is 4.48. The summed E-state index contributed by atoms with van der Waals surface area (Å²) < 4.78 is 47.6. The van der Waals surface area contributed by atoms with Crippen molar-refractivity contribution in [1.29, 1.82) is 0 Å². The zero-order valence-corrected chi connectivity index (χ0v) is 18.8. The molecular weight excluding hydrogens is 437 g/mol. The second-order valence-corrected chi connectivity index (χ2v) is 8.40. The average molecular weight is 462 g/mol. The van der Waals surface area contributed by atoms with Crippen molar-refractivity contribution in [2.75, 3.05) is 13.6 Å². The zero-order valence-electron chi connectivity index (χ0n) is 18.8. The fraction of sp³-hybridized carbons (Fsp3) is 0.348. The first-order chi connectivity index (χ1) is 15.4. The molecule has 10 heteroatoms. The molecule has 2 aromatic carbocycles. The quantitative estimate of drug-likeness (QED) is 0.501. The Balaban J connectivity index is 1.60. The van der Waals surface area contributed by atoms with E-state index in [0.717, 1.165) is 11.1 Å². The van der Waals surface area contributed by atoms with Gasteiger partial charge >= 0.3 is 12.5 Å². The summed E-state index contributed by atoms with van der Waals surface area (Å²) in [5, 5.41) is 4.39. The van der Waals surface area contributed by atoms with Crippen molar-refractivity contribution < 1.29 is 27.4 Å². The van der Waals surface area contributed by atoms with Crippen molar-refractivity contribution in [2.45, 2.75) is 39.2 Å². The summed E-state index contributed by atoms with van der Waals surface area (Å²) in [5.41, 5.74) is 1.83. The lowest BCUT2D eigenvalue weighted by Crippen LogP contribution is -2.35. The van der Waals surface area contributed by atoms with Gasteiger partial charge < -0.3 is 14.4 Å². The number of carbonyl (C=O) groups is 1. The fourth-order valence-electron chi connectivity index (χ4n) is 2.87. The summed E-state index contributed by atoms with van der Waals surface area (Å²) in [6.07, 6.45) is -2.96. The van der Waals surface area contributed by atoms with Crippen LogP contribution in [0.15, 0.2) is 54.9 Å². The number of amides is 1. The molecule has 0 radical (unpaired) electrons. The van der Waals surface area contributed by atoms with E-state index < -0.39 is 12.0 Å². The van der Waals surface area contributed by atoms with E-state index in [2.05, 4.69) is 14.8 Å². The molecule has 1 amide bonds. The van der Waals surface area contributed by atoms with E-state index in [1.54, 1.807) is 7.05 Å². The number of benzene rings is 2. The van der Waals surface area contributed by atoms with Crippen LogP contribution in [-0.2, 0) is 11.2 Å². The Morgan fingerprint density at radius 2 is 1.67 bits per heavy atom. The Morgan fingerprint density at radius 1 is 1.03 bits per heavy atom. The number of hydrogen-bond acceptors (Lipinski definition) is 5. The number of halogens is 3. The van der Waals surface area contributed by atoms with Crippen LogP contribution < -0.4 is 4.74 Å². The normalized spacial score (nSPS) is 11.8. The summed E-state index contributed by atoms with van der Waals surface area (Å²) in [6, 6.07) is 13.0. The monoisotopic (exact) mass is 462 g/mol. The lowest BCUT2D eigenvalue weighted by molar-refractivity contribution is -0.274. The van der Waals surface area contributed by atoms with Gasteiger partial charge in [-0.3, -0.25) is 0 Å². The Morgan fingerprint density at radius 3 is 2.24 bits per heavy atom. The number of hydrogen-bond donors (Lipinski definition) is 0. The van der Waals surface area contributed by atoms with Crippen LogP contribution in [0.5, 0.6) is 5.75 Å². The summed E-state index contributed by atoms with van der Waals surface area (Å²) in [4.78, 5) is 17.9. The first-order valence-corrected chi connectivity index (χ1v) is 10.2. The lowest BCUT2D eigenvalue weighted by Gasteiger charge is -2.24. The van der Waals surface area contributed by atoms with E-state index in [9.17, 15) is 18.0 Å². The summed E-state index contributed by atoms with van der Waals surface area (Å²) in [6.45, 7) is 5.98. The minimum absolute atomic E-state index is 0.306. The second-order valence-electron chi connectivity index (χ2n) is 8.40. The molecule has 3 rings (SSSR count). The molecular formula is C23H25F3N4O3. The van der Waals surface area contributed by atoms with Crippen LogP contribution in [0, 0.1) is 0 Å². The van der Waals surface area contributed by atoms with Gasteiger partial charge in [0, 0.05) is 19.2 Å². The first-order valence-electron chi connectivity index (χ1n) is 10.2. The van der Waals surface area contributed by atoms with Gasteiger partial charge in [-0.2, -0.15) is 0 Å². The van der Waals surface area contributed by atoms with Crippen molar-refractivity contribution in [2.24, 2.45) is 0 Å². The van der Waals surface area contributed by atoms with Crippen LogP contribution in [0.2, 0.25) is 0 Å². The predicted octanol–water partition coefficient (Wildman–Crippen LogP) is 5.24. The van der Waals surface area contributed by atoms with Crippen LogP contribution in [0.25, 0.3) is 17.1 Å². The van der Waals surface area contributed by atoms with Crippen molar-refractivity contribution in [3.8, 4) is 22.8 Å². The molecule has 1 aromatic heterocycles. The number of alkyl halides is 3. The zero-order chi connectivity index (χ0) is 24.2. The standard InChI is InChI=1S/C23H25F3N4O3/c1-22(2,3)33-21(31)29(4)14-13-16-5-7-17(8-6-16)20-27-15-30(28-20)18-9-11-19(12-10-18)32-23(24,25)26/h5-12,15H,13-14H2,1-4H3. The Kier molecular flexibility index (Phi) is 6.95. The summed E-state index contributed by atoms with van der Waals surface area (Å²) in [7, 11) is 1.70. The maximum Gasteiger partial charge on any atom is 0.573 e. The largest absolute Gasteiger partial charge is 0.573 e. The van der Waals surface area contributed by atoms with Gasteiger partial charge in [0.25, 0.3) is 0 Å². The summed E-state index contributed by atoms with van der Waals surface area (Å²) in [5.74, 6) is 0.169. The van der Waals surface area contributed by atoms with Crippen LogP contribution in [-0.4, -0.2) is 51.3 Å². The molecule has 0 spiro atoms. The second kappa shape index (κ2) is 9.51. The minimum atomic E-state index is -4.74. The molecule has 33 heavy (non-hydrogen) atoms. The number of likely N-dealkylation sites (N-methyl/N-ethyl adjacent to an activating group) is 1. The Bertz CT molecular complexity index is 1070. The van der Waals surface area contributed by atoms with E-state index in [1.165, 1.54) is 40.2 Å². The molecule has 0 aliphatic carbocycles. The molecule has 0 unspecified atom stereocenters. The SMILES string of the molecule is CN(CCc1ccc(-c2ncn(-c3ccc(OC(F)(F)F)cc3)n2)cc1)C(=O)OC(C)(C)C. The molecule has 0 saturated carbocycles. The third-order valence-electron chi connectivity index (χ3n) is 4.48. The van der Waals surface area contributed by atoms with Gasteiger partial charge in [0.2, 0.25) is 0 Å². The van der Waals surface area contributed by atoms with Crippen molar-refractivity contribution in [1.82, 2.24) is 19.7 Å². The van der Waals surface area contributed by atoms with Gasteiger partial charge in [-0.25, -0.2) is 14.5 Å². The van der Waals surface area contributed by atoms with Crippen LogP contribution in [0.3, 0.4) is 0 Å². The van der Waals surface area contributed by atoms with E-state index >= 15 is 0 Å². The highest BCUT2D eigenvalue weighted by Gasteiger charge is 2.31. The lowest BCUT2D eigenvalue weighted by atomic mass is 10.1. The Hall–Kier alpha value is -3.56. The smallest absolute Gasteiger partial charge is 0.444 e. The first kappa shape index (κ1) is 24.1. The van der Waals surface area contributed by atoms with E-state index in [-0.39, 0.29) is 11.8 Å². The highest BCUT2D eigenvalue weighted by Crippen LogP contribution is 2.24. The van der Waals surface area contributed by atoms with Crippen molar-refractivity contribution in [3.05, 3.63) is 60.4 Å². The Labute approximate surface area is 189 Å². The molecule has 1 heterocycles. The molecule has 3 aromatic rings. The number of rotatable bonds is 6. The molecule has 0 aliphatic heterocycles. The molecule has 0 bridgehead atoms. The molecule has 7 nitrogen and oxygen atoms in total. The topological polar surface area (TPSA) is 69.5 Å². The molecule has 176 valence electrons. The van der Waals surface area contributed by atoms with Crippen molar-refractivity contribution in [3.63, 3.8) is 0 Å². The molecule has 0 atom stereocenters. The van der Waals surface area contributed by atoms with Crippen LogP contribution >= 0.6 is 0 Å². The average Bonchev–Trinajstić information content (AvgIpc) is 3.21. The van der Waals surface area contributed by atoms with Gasteiger partial charge in [-0.15, -0.1) is 18.3 Å². The van der Waals surface area contributed by atoms with Gasteiger partial charge in [0.15, 0.2) is 5.82 Å². The maximum atomic E-state index is 12.3.